The van der Waals surface area contributed by atoms with Gasteiger partial charge in [-0.3, -0.25) is 5.10 Å². The van der Waals surface area contributed by atoms with Gasteiger partial charge in [-0.25, -0.2) is 0 Å². The monoisotopic (exact) mass is 237 g/mol. The molecule has 5 heteroatoms. The summed E-state index contributed by atoms with van der Waals surface area (Å²) in [6, 6.07) is 7.06. The molecule has 0 saturated carbocycles. The predicted molar refractivity (Wildman–Crippen MR) is 62.6 cm³/mol. The van der Waals surface area contributed by atoms with E-state index in [9.17, 15) is 0 Å². The Balaban J connectivity index is 2.31. The summed E-state index contributed by atoms with van der Waals surface area (Å²) in [5.41, 5.74) is 7.81. The molecule has 0 aliphatic carbocycles. The van der Waals surface area contributed by atoms with E-state index in [0.29, 0.717) is 10.8 Å². The third-order valence-corrected chi connectivity index (χ3v) is 2.69. The van der Waals surface area contributed by atoms with Crippen LogP contribution in [0.2, 0.25) is 5.02 Å². The first kappa shape index (κ1) is 11.0. The number of aromatic amines is 1. The molecule has 2 aromatic rings. The summed E-state index contributed by atoms with van der Waals surface area (Å²) in [5.74, 6) is 0.641. The van der Waals surface area contributed by atoms with Crippen molar-refractivity contribution < 1.29 is 4.74 Å². The Morgan fingerprint density at radius 3 is 2.81 bits per heavy atom. The molecule has 1 aromatic carbocycles. The van der Waals surface area contributed by atoms with Gasteiger partial charge in [0.15, 0.2) is 0 Å². The number of nitrogens with one attached hydrogen (secondary N) is 1. The minimum absolute atomic E-state index is 0.258. The van der Waals surface area contributed by atoms with Gasteiger partial charge in [0.2, 0.25) is 0 Å². The Bertz CT molecular complexity index is 470. The van der Waals surface area contributed by atoms with E-state index in [1.165, 1.54) is 0 Å². The maximum Gasteiger partial charge on any atom is 0.137 e. The highest BCUT2D eigenvalue weighted by Crippen LogP contribution is 2.28. The van der Waals surface area contributed by atoms with Gasteiger partial charge in [0.25, 0.3) is 0 Å². The number of halogens is 1. The fourth-order valence-corrected chi connectivity index (χ4v) is 1.76. The van der Waals surface area contributed by atoms with Gasteiger partial charge in [-0.05, 0) is 23.8 Å². The van der Waals surface area contributed by atoms with Gasteiger partial charge in [0, 0.05) is 6.20 Å². The first-order valence-electron chi connectivity index (χ1n) is 4.80. The standard InChI is InChI=1S/C11H12ClN3O/c1-16-10-3-2-7(6-8(10)12)11(13)9-4-5-14-15-9/h2-6,11H,13H2,1H3,(H,14,15). The summed E-state index contributed by atoms with van der Waals surface area (Å²) < 4.78 is 5.08. The number of ether oxygens (including phenoxy) is 1. The zero-order valence-electron chi connectivity index (χ0n) is 8.77. The van der Waals surface area contributed by atoms with E-state index in [1.807, 2.05) is 12.1 Å². The van der Waals surface area contributed by atoms with Gasteiger partial charge < -0.3 is 10.5 Å². The molecule has 1 unspecified atom stereocenters. The van der Waals surface area contributed by atoms with Gasteiger partial charge in [0.1, 0.15) is 5.75 Å². The number of aromatic nitrogens is 2. The molecule has 0 fully saturated rings. The van der Waals surface area contributed by atoms with Crippen LogP contribution in [-0.4, -0.2) is 17.3 Å². The van der Waals surface area contributed by atoms with Crippen molar-refractivity contribution in [1.29, 1.82) is 0 Å². The molecular weight excluding hydrogens is 226 g/mol. The second kappa shape index (κ2) is 4.55. The van der Waals surface area contributed by atoms with Crippen LogP contribution in [0.5, 0.6) is 5.75 Å². The van der Waals surface area contributed by atoms with Crippen molar-refractivity contribution in [3.8, 4) is 5.75 Å². The summed E-state index contributed by atoms with van der Waals surface area (Å²) in [6.07, 6.45) is 1.67. The van der Waals surface area contributed by atoms with E-state index in [1.54, 1.807) is 25.4 Å². The van der Waals surface area contributed by atoms with Crippen molar-refractivity contribution >= 4 is 11.6 Å². The van der Waals surface area contributed by atoms with Crippen molar-refractivity contribution in [3.63, 3.8) is 0 Å². The molecule has 0 spiro atoms. The molecule has 0 radical (unpaired) electrons. The fraction of sp³-hybridized carbons (Fsp3) is 0.182. The van der Waals surface area contributed by atoms with Gasteiger partial charge >= 0.3 is 0 Å². The molecule has 3 N–H and O–H groups in total. The van der Waals surface area contributed by atoms with Crippen LogP contribution in [0.15, 0.2) is 30.5 Å². The van der Waals surface area contributed by atoms with E-state index in [4.69, 9.17) is 22.1 Å². The van der Waals surface area contributed by atoms with E-state index >= 15 is 0 Å². The Labute approximate surface area is 98.4 Å². The van der Waals surface area contributed by atoms with Crippen LogP contribution >= 0.6 is 11.6 Å². The van der Waals surface area contributed by atoms with Crippen molar-refractivity contribution in [2.24, 2.45) is 5.73 Å². The van der Waals surface area contributed by atoms with Crippen LogP contribution in [0, 0.1) is 0 Å². The molecule has 2 rings (SSSR count). The zero-order valence-corrected chi connectivity index (χ0v) is 9.53. The summed E-state index contributed by atoms with van der Waals surface area (Å²) in [7, 11) is 1.58. The van der Waals surface area contributed by atoms with Crippen LogP contribution in [0.3, 0.4) is 0 Å². The number of nitrogens with two attached hydrogens (primary N) is 1. The molecule has 0 aliphatic heterocycles. The summed E-state index contributed by atoms with van der Waals surface area (Å²) >= 11 is 6.03. The van der Waals surface area contributed by atoms with Crippen molar-refractivity contribution in [2.45, 2.75) is 6.04 Å². The number of nitrogens with zero attached hydrogens (tertiary/aromatic N) is 1. The van der Waals surface area contributed by atoms with E-state index in [0.717, 1.165) is 11.3 Å². The summed E-state index contributed by atoms with van der Waals surface area (Å²) in [5, 5.41) is 7.25. The second-order valence-electron chi connectivity index (χ2n) is 3.38. The first-order valence-corrected chi connectivity index (χ1v) is 5.18. The molecular formula is C11H12ClN3O. The third kappa shape index (κ3) is 2.03. The molecule has 16 heavy (non-hydrogen) atoms. The van der Waals surface area contributed by atoms with Crippen LogP contribution < -0.4 is 10.5 Å². The average Bonchev–Trinajstić information content (AvgIpc) is 2.81. The lowest BCUT2D eigenvalue weighted by molar-refractivity contribution is 0.415. The summed E-state index contributed by atoms with van der Waals surface area (Å²) in [6.45, 7) is 0. The van der Waals surface area contributed by atoms with Crippen LogP contribution in [0.4, 0.5) is 0 Å². The van der Waals surface area contributed by atoms with Gasteiger partial charge in [-0.15, -0.1) is 0 Å². The lowest BCUT2D eigenvalue weighted by Gasteiger charge is -2.11. The third-order valence-electron chi connectivity index (χ3n) is 2.39. The van der Waals surface area contributed by atoms with Crippen molar-refractivity contribution in [3.05, 3.63) is 46.7 Å². The van der Waals surface area contributed by atoms with Gasteiger partial charge in [-0.1, -0.05) is 17.7 Å². The molecule has 1 heterocycles. The minimum Gasteiger partial charge on any atom is -0.495 e. The fourth-order valence-electron chi connectivity index (χ4n) is 1.50. The number of hydrogen-bond acceptors (Lipinski definition) is 3. The molecule has 4 nitrogen and oxygen atoms in total. The Kier molecular flexibility index (Phi) is 3.12. The normalized spacial score (nSPS) is 12.4. The van der Waals surface area contributed by atoms with Crippen LogP contribution in [0.25, 0.3) is 0 Å². The molecule has 0 saturated heterocycles. The van der Waals surface area contributed by atoms with E-state index < -0.39 is 0 Å². The SMILES string of the molecule is COc1ccc(C(N)c2ccn[nH]2)cc1Cl. The quantitative estimate of drug-likeness (QED) is 0.860. The summed E-state index contributed by atoms with van der Waals surface area (Å²) in [4.78, 5) is 0. The highest BCUT2D eigenvalue weighted by Gasteiger charge is 2.12. The Hall–Kier alpha value is -1.52. The zero-order chi connectivity index (χ0) is 11.5. The predicted octanol–water partition coefficient (Wildman–Crippen LogP) is 2.12. The lowest BCUT2D eigenvalue weighted by atomic mass is 10.0. The maximum atomic E-state index is 6.05. The Morgan fingerprint density at radius 1 is 1.44 bits per heavy atom. The first-order chi connectivity index (χ1) is 7.72. The Morgan fingerprint density at radius 2 is 2.25 bits per heavy atom. The largest absolute Gasteiger partial charge is 0.495 e. The van der Waals surface area contributed by atoms with Gasteiger partial charge in [-0.2, -0.15) is 5.10 Å². The minimum atomic E-state index is -0.258. The smallest absolute Gasteiger partial charge is 0.137 e. The molecule has 0 aliphatic rings. The molecule has 0 bridgehead atoms. The molecule has 0 amide bonds. The number of hydrogen-bond donors (Lipinski definition) is 2. The number of H-pyrrole nitrogens is 1. The number of methoxy groups -OCH3 is 1. The average molecular weight is 238 g/mol. The highest BCUT2D eigenvalue weighted by atomic mass is 35.5. The number of rotatable bonds is 3. The lowest BCUT2D eigenvalue weighted by Crippen LogP contribution is -2.12. The molecule has 1 aromatic heterocycles. The number of benzene rings is 1. The van der Waals surface area contributed by atoms with E-state index in [2.05, 4.69) is 10.2 Å². The van der Waals surface area contributed by atoms with Crippen LogP contribution in [-0.2, 0) is 0 Å². The van der Waals surface area contributed by atoms with E-state index in [-0.39, 0.29) is 6.04 Å². The molecule has 84 valence electrons. The highest BCUT2D eigenvalue weighted by molar-refractivity contribution is 6.32. The van der Waals surface area contributed by atoms with Crippen LogP contribution in [0.1, 0.15) is 17.3 Å². The van der Waals surface area contributed by atoms with Crippen molar-refractivity contribution in [1.82, 2.24) is 10.2 Å². The molecule has 1 atom stereocenters. The topological polar surface area (TPSA) is 63.9 Å². The van der Waals surface area contributed by atoms with Crippen molar-refractivity contribution in [2.75, 3.05) is 7.11 Å². The maximum absolute atomic E-state index is 6.05. The second-order valence-corrected chi connectivity index (χ2v) is 3.79. The van der Waals surface area contributed by atoms with Gasteiger partial charge in [0.05, 0.1) is 23.9 Å².